The lowest BCUT2D eigenvalue weighted by Crippen LogP contribution is -2.29. The standard InChI is InChI=1S/C15H18N2O3/c1-2-20-15(19)11-17-9-8-16-14(17)10-13(18)12-6-4-3-5-7-12/h3-7,10,16H,2,8-9,11H2,1H3/b14-10+. The number of carbonyl (C=O) groups is 2. The van der Waals surface area contributed by atoms with Gasteiger partial charge in [0.25, 0.3) is 0 Å². The molecule has 0 aromatic heterocycles. The van der Waals surface area contributed by atoms with Crippen molar-refractivity contribution in [2.75, 3.05) is 26.2 Å². The van der Waals surface area contributed by atoms with Gasteiger partial charge in [-0.2, -0.15) is 0 Å². The van der Waals surface area contributed by atoms with Crippen molar-refractivity contribution in [3.05, 3.63) is 47.8 Å². The number of benzene rings is 1. The number of esters is 1. The second-order valence-electron chi connectivity index (χ2n) is 4.41. The smallest absolute Gasteiger partial charge is 0.325 e. The topological polar surface area (TPSA) is 58.6 Å². The molecule has 0 saturated carbocycles. The Morgan fingerprint density at radius 1 is 1.35 bits per heavy atom. The molecule has 0 amide bonds. The minimum absolute atomic E-state index is 0.0798. The van der Waals surface area contributed by atoms with Crippen molar-refractivity contribution < 1.29 is 14.3 Å². The zero-order chi connectivity index (χ0) is 14.4. The summed E-state index contributed by atoms with van der Waals surface area (Å²) in [6.45, 7) is 3.70. The highest BCUT2D eigenvalue weighted by molar-refractivity contribution is 6.04. The lowest BCUT2D eigenvalue weighted by Gasteiger charge is -2.17. The van der Waals surface area contributed by atoms with Gasteiger partial charge in [-0.25, -0.2) is 0 Å². The molecule has 0 atom stereocenters. The normalized spacial score (nSPS) is 16.1. The fourth-order valence-corrected chi connectivity index (χ4v) is 2.03. The van der Waals surface area contributed by atoms with Crippen molar-refractivity contribution in [2.24, 2.45) is 0 Å². The van der Waals surface area contributed by atoms with E-state index in [1.165, 1.54) is 6.08 Å². The van der Waals surface area contributed by atoms with Gasteiger partial charge in [0.1, 0.15) is 12.4 Å². The molecule has 1 N–H and O–H groups in total. The highest BCUT2D eigenvalue weighted by atomic mass is 16.5. The Balaban J connectivity index is 2.04. The maximum atomic E-state index is 12.1. The Kier molecular flexibility index (Phi) is 4.76. The summed E-state index contributed by atoms with van der Waals surface area (Å²) in [7, 11) is 0. The van der Waals surface area contributed by atoms with Crippen LogP contribution in [0.5, 0.6) is 0 Å². The lowest BCUT2D eigenvalue weighted by molar-refractivity contribution is -0.143. The van der Waals surface area contributed by atoms with Crippen molar-refractivity contribution in [1.29, 1.82) is 0 Å². The molecule has 1 heterocycles. The quantitative estimate of drug-likeness (QED) is 0.496. The zero-order valence-electron chi connectivity index (χ0n) is 11.5. The van der Waals surface area contributed by atoms with Gasteiger partial charge in [-0.3, -0.25) is 9.59 Å². The van der Waals surface area contributed by atoms with Crippen LogP contribution < -0.4 is 5.32 Å². The SMILES string of the molecule is CCOC(=O)CN1CCN/C1=C\C(=O)c1ccccc1. The summed E-state index contributed by atoms with van der Waals surface area (Å²) in [5, 5.41) is 3.11. The third kappa shape index (κ3) is 3.60. The van der Waals surface area contributed by atoms with Gasteiger partial charge in [0.15, 0.2) is 5.78 Å². The minimum atomic E-state index is -0.283. The number of allylic oxidation sites excluding steroid dienone is 1. The summed E-state index contributed by atoms with van der Waals surface area (Å²) in [6, 6.07) is 9.05. The van der Waals surface area contributed by atoms with E-state index in [1.54, 1.807) is 19.1 Å². The van der Waals surface area contributed by atoms with E-state index in [0.29, 0.717) is 31.1 Å². The van der Waals surface area contributed by atoms with Gasteiger partial charge in [-0.15, -0.1) is 0 Å². The van der Waals surface area contributed by atoms with Gasteiger partial charge < -0.3 is 15.0 Å². The molecule has 5 heteroatoms. The Bertz CT molecular complexity index is 511. The Labute approximate surface area is 118 Å². The lowest BCUT2D eigenvalue weighted by atomic mass is 10.1. The van der Waals surface area contributed by atoms with E-state index in [1.807, 2.05) is 23.1 Å². The number of ketones is 1. The number of nitrogens with one attached hydrogen (secondary N) is 1. The van der Waals surface area contributed by atoms with E-state index in [9.17, 15) is 9.59 Å². The monoisotopic (exact) mass is 274 g/mol. The number of hydrogen-bond donors (Lipinski definition) is 1. The Hall–Kier alpha value is -2.30. The Morgan fingerprint density at radius 3 is 2.80 bits per heavy atom. The van der Waals surface area contributed by atoms with Crippen LogP contribution in [0.15, 0.2) is 42.2 Å². The molecule has 1 saturated heterocycles. The summed E-state index contributed by atoms with van der Waals surface area (Å²) >= 11 is 0. The number of nitrogens with zero attached hydrogens (tertiary/aromatic N) is 1. The highest BCUT2D eigenvalue weighted by Gasteiger charge is 2.20. The van der Waals surface area contributed by atoms with Gasteiger partial charge in [-0.05, 0) is 6.92 Å². The fourth-order valence-electron chi connectivity index (χ4n) is 2.03. The van der Waals surface area contributed by atoms with Crippen LogP contribution in [0.4, 0.5) is 0 Å². The molecule has 20 heavy (non-hydrogen) atoms. The van der Waals surface area contributed by atoms with Gasteiger partial charge in [0, 0.05) is 24.7 Å². The number of rotatable bonds is 5. The van der Waals surface area contributed by atoms with Crippen LogP contribution in [-0.2, 0) is 9.53 Å². The van der Waals surface area contributed by atoms with Crippen molar-refractivity contribution in [2.45, 2.75) is 6.92 Å². The largest absolute Gasteiger partial charge is 0.465 e. The molecule has 1 fully saturated rings. The second kappa shape index (κ2) is 6.75. The zero-order valence-corrected chi connectivity index (χ0v) is 11.5. The molecule has 106 valence electrons. The summed E-state index contributed by atoms with van der Waals surface area (Å²) in [6.07, 6.45) is 1.53. The van der Waals surface area contributed by atoms with E-state index in [2.05, 4.69) is 5.32 Å². The molecular weight excluding hydrogens is 256 g/mol. The second-order valence-corrected chi connectivity index (χ2v) is 4.41. The van der Waals surface area contributed by atoms with Crippen molar-refractivity contribution >= 4 is 11.8 Å². The van der Waals surface area contributed by atoms with Gasteiger partial charge in [0.2, 0.25) is 0 Å². The third-order valence-corrected chi connectivity index (χ3v) is 2.98. The van der Waals surface area contributed by atoms with Gasteiger partial charge >= 0.3 is 5.97 Å². The number of carbonyl (C=O) groups excluding carboxylic acids is 2. The molecule has 2 rings (SSSR count). The van der Waals surface area contributed by atoms with E-state index >= 15 is 0 Å². The maximum Gasteiger partial charge on any atom is 0.325 e. The first-order chi connectivity index (χ1) is 9.70. The van der Waals surface area contributed by atoms with Crippen LogP contribution in [0.3, 0.4) is 0 Å². The summed E-state index contributed by atoms with van der Waals surface area (Å²) in [5.41, 5.74) is 0.629. The van der Waals surface area contributed by atoms with Crippen LogP contribution in [-0.4, -0.2) is 42.9 Å². The van der Waals surface area contributed by atoms with Gasteiger partial charge in [0.05, 0.1) is 6.61 Å². The molecule has 0 unspecified atom stereocenters. The predicted octanol–water partition coefficient (Wildman–Crippen LogP) is 1.18. The summed E-state index contributed by atoms with van der Waals surface area (Å²) in [5.74, 6) is 0.310. The predicted molar refractivity (Wildman–Crippen MR) is 75.1 cm³/mol. The third-order valence-electron chi connectivity index (χ3n) is 2.98. The van der Waals surface area contributed by atoms with Crippen molar-refractivity contribution in [1.82, 2.24) is 10.2 Å². The molecule has 1 aliphatic rings. The van der Waals surface area contributed by atoms with Crippen LogP contribution in [0, 0.1) is 0 Å². The summed E-state index contributed by atoms with van der Waals surface area (Å²) < 4.78 is 4.92. The number of ether oxygens (including phenoxy) is 1. The molecule has 0 aliphatic carbocycles. The molecule has 1 aliphatic heterocycles. The molecule has 5 nitrogen and oxygen atoms in total. The fraction of sp³-hybridized carbons (Fsp3) is 0.333. The molecule has 1 aromatic rings. The van der Waals surface area contributed by atoms with Crippen LogP contribution in [0.25, 0.3) is 0 Å². The number of hydrogen-bond acceptors (Lipinski definition) is 5. The highest BCUT2D eigenvalue weighted by Crippen LogP contribution is 2.10. The first-order valence-corrected chi connectivity index (χ1v) is 6.66. The van der Waals surface area contributed by atoms with Crippen molar-refractivity contribution in [3.8, 4) is 0 Å². The summed E-state index contributed by atoms with van der Waals surface area (Å²) in [4.78, 5) is 25.4. The molecule has 0 spiro atoms. The molecule has 0 bridgehead atoms. The molecule has 0 radical (unpaired) electrons. The van der Waals surface area contributed by atoms with E-state index in [-0.39, 0.29) is 18.3 Å². The Morgan fingerprint density at radius 2 is 2.10 bits per heavy atom. The van der Waals surface area contributed by atoms with Crippen LogP contribution in [0.2, 0.25) is 0 Å². The van der Waals surface area contributed by atoms with Crippen LogP contribution in [0.1, 0.15) is 17.3 Å². The molecule has 1 aromatic carbocycles. The first-order valence-electron chi connectivity index (χ1n) is 6.66. The van der Waals surface area contributed by atoms with E-state index in [4.69, 9.17) is 4.74 Å². The average Bonchev–Trinajstić information content (AvgIpc) is 2.87. The van der Waals surface area contributed by atoms with E-state index in [0.717, 1.165) is 0 Å². The van der Waals surface area contributed by atoms with Crippen molar-refractivity contribution in [3.63, 3.8) is 0 Å². The first kappa shape index (κ1) is 14.1. The maximum absolute atomic E-state index is 12.1. The molecular formula is C15H18N2O3. The minimum Gasteiger partial charge on any atom is -0.465 e. The van der Waals surface area contributed by atoms with Gasteiger partial charge in [-0.1, -0.05) is 30.3 Å². The average molecular weight is 274 g/mol. The van der Waals surface area contributed by atoms with E-state index < -0.39 is 0 Å². The van der Waals surface area contributed by atoms with Crippen LogP contribution >= 0.6 is 0 Å².